The third-order valence-electron chi connectivity index (χ3n) is 2.53. The number of carbonyl (C=O) groups excluding carboxylic acids is 1. The maximum Gasteiger partial charge on any atom is 0.240 e. The normalized spacial score (nSPS) is 10.3. The summed E-state index contributed by atoms with van der Waals surface area (Å²) in [4.78, 5) is 13.9. The summed E-state index contributed by atoms with van der Waals surface area (Å²) in [7, 11) is 0. The van der Waals surface area contributed by atoms with E-state index in [9.17, 15) is 4.79 Å². The van der Waals surface area contributed by atoms with E-state index in [1.54, 1.807) is 6.07 Å². The van der Waals surface area contributed by atoms with Crippen molar-refractivity contribution in [2.75, 3.05) is 0 Å². The predicted octanol–water partition coefficient (Wildman–Crippen LogP) is 3.27. The lowest BCUT2D eigenvalue weighted by atomic mass is 10.1. The minimum absolute atomic E-state index is 0.547. The molecule has 0 aliphatic heterocycles. The van der Waals surface area contributed by atoms with Gasteiger partial charge < -0.3 is 4.42 Å². The average molecular weight is 201 g/mol. The molecule has 0 saturated heterocycles. The van der Waals surface area contributed by atoms with E-state index >= 15 is 0 Å². The second kappa shape index (κ2) is 3.71. The molecular weight excluding hydrogens is 190 g/mol. The smallest absolute Gasteiger partial charge is 0.240 e. The van der Waals surface area contributed by atoms with E-state index in [4.69, 9.17) is 4.42 Å². The standard InChI is InChI=1S/C12H11NO2/c1-3-11-8(2)9-5-4-6-10(13-7-14)12(9)15-11/h4-6H,3H2,1-2H3. The van der Waals surface area contributed by atoms with E-state index in [1.807, 2.05) is 26.0 Å². The number of isocyanates is 1. The first-order valence-corrected chi connectivity index (χ1v) is 4.86. The Morgan fingerprint density at radius 1 is 1.47 bits per heavy atom. The Labute approximate surface area is 87.4 Å². The molecule has 1 heterocycles. The number of hydrogen-bond donors (Lipinski definition) is 0. The zero-order chi connectivity index (χ0) is 10.8. The van der Waals surface area contributed by atoms with E-state index in [1.165, 1.54) is 6.08 Å². The van der Waals surface area contributed by atoms with Crippen LogP contribution in [0.15, 0.2) is 27.6 Å². The third kappa shape index (κ3) is 1.47. The number of nitrogens with zero attached hydrogens (tertiary/aromatic N) is 1. The molecule has 76 valence electrons. The van der Waals surface area contributed by atoms with Gasteiger partial charge in [-0.05, 0) is 18.6 Å². The summed E-state index contributed by atoms with van der Waals surface area (Å²) in [5, 5.41) is 1.02. The Morgan fingerprint density at radius 2 is 2.27 bits per heavy atom. The number of furan rings is 1. The number of aliphatic imine (C=N–C) groups is 1. The second-order valence-electron chi connectivity index (χ2n) is 3.36. The first-order chi connectivity index (χ1) is 7.27. The van der Waals surface area contributed by atoms with Crippen LogP contribution in [0, 0.1) is 6.92 Å². The fourth-order valence-electron chi connectivity index (χ4n) is 1.75. The Kier molecular flexibility index (Phi) is 2.40. The molecule has 0 radical (unpaired) electrons. The first-order valence-electron chi connectivity index (χ1n) is 4.86. The van der Waals surface area contributed by atoms with Gasteiger partial charge in [-0.3, -0.25) is 0 Å². The van der Waals surface area contributed by atoms with E-state index in [0.717, 1.165) is 23.1 Å². The Hall–Kier alpha value is -1.86. The molecule has 0 amide bonds. The van der Waals surface area contributed by atoms with Crippen LogP contribution in [0.2, 0.25) is 0 Å². The van der Waals surface area contributed by atoms with Crippen LogP contribution in [0.25, 0.3) is 11.0 Å². The number of para-hydroxylation sites is 1. The zero-order valence-electron chi connectivity index (χ0n) is 8.70. The number of aryl methyl sites for hydroxylation is 2. The van der Waals surface area contributed by atoms with Crippen molar-refractivity contribution in [2.45, 2.75) is 20.3 Å². The van der Waals surface area contributed by atoms with Crippen LogP contribution in [0.4, 0.5) is 5.69 Å². The number of rotatable bonds is 2. The van der Waals surface area contributed by atoms with Crippen molar-refractivity contribution in [1.82, 2.24) is 0 Å². The molecule has 2 rings (SSSR count). The molecule has 3 heteroatoms. The van der Waals surface area contributed by atoms with Crippen LogP contribution in [0.1, 0.15) is 18.2 Å². The molecule has 0 aliphatic carbocycles. The van der Waals surface area contributed by atoms with Gasteiger partial charge >= 0.3 is 0 Å². The summed E-state index contributed by atoms with van der Waals surface area (Å²) in [6.45, 7) is 4.05. The largest absolute Gasteiger partial charge is 0.458 e. The van der Waals surface area contributed by atoms with Crippen LogP contribution in [-0.2, 0) is 11.2 Å². The molecule has 0 bridgehead atoms. The zero-order valence-corrected chi connectivity index (χ0v) is 8.70. The number of fused-ring (bicyclic) bond motifs is 1. The average Bonchev–Trinajstić information content (AvgIpc) is 2.58. The maximum atomic E-state index is 10.2. The molecule has 0 unspecified atom stereocenters. The summed E-state index contributed by atoms with van der Waals surface area (Å²) in [5.41, 5.74) is 2.34. The highest BCUT2D eigenvalue weighted by Gasteiger charge is 2.11. The van der Waals surface area contributed by atoms with Gasteiger partial charge in [0.05, 0.1) is 0 Å². The van der Waals surface area contributed by atoms with Crippen molar-refractivity contribution < 1.29 is 9.21 Å². The van der Waals surface area contributed by atoms with Gasteiger partial charge in [0.15, 0.2) is 5.58 Å². The molecule has 1 aromatic carbocycles. The first kappa shape index (κ1) is 9.69. The molecule has 2 aromatic rings. The number of hydrogen-bond acceptors (Lipinski definition) is 3. The van der Waals surface area contributed by atoms with Gasteiger partial charge in [0.1, 0.15) is 11.4 Å². The van der Waals surface area contributed by atoms with Crippen molar-refractivity contribution in [3.05, 3.63) is 29.5 Å². The van der Waals surface area contributed by atoms with Crippen molar-refractivity contribution in [3.8, 4) is 0 Å². The lowest BCUT2D eigenvalue weighted by Gasteiger charge is -1.91. The minimum atomic E-state index is 0.547. The van der Waals surface area contributed by atoms with Gasteiger partial charge in [-0.1, -0.05) is 19.1 Å². The van der Waals surface area contributed by atoms with Crippen LogP contribution in [0.5, 0.6) is 0 Å². The van der Waals surface area contributed by atoms with Gasteiger partial charge in [0, 0.05) is 11.8 Å². The molecule has 0 fully saturated rings. The predicted molar refractivity (Wildman–Crippen MR) is 58.1 cm³/mol. The van der Waals surface area contributed by atoms with E-state index in [-0.39, 0.29) is 0 Å². The molecule has 0 atom stereocenters. The summed E-state index contributed by atoms with van der Waals surface area (Å²) >= 11 is 0. The highest BCUT2D eigenvalue weighted by Crippen LogP contribution is 2.32. The highest BCUT2D eigenvalue weighted by atomic mass is 16.3. The van der Waals surface area contributed by atoms with Gasteiger partial charge in [0.2, 0.25) is 6.08 Å². The van der Waals surface area contributed by atoms with E-state index in [0.29, 0.717) is 11.3 Å². The monoisotopic (exact) mass is 201 g/mol. The van der Waals surface area contributed by atoms with Gasteiger partial charge in [0.25, 0.3) is 0 Å². The van der Waals surface area contributed by atoms with Crippen molar-refractivity contribution in [2.24, 2.45) is 4.99 Å². The lowest BCUT2D eigenvalue weighted by molar-refractivity contribution is 0.552. The quantitative estimate of drug-likeness (QED) is 0.552. The fraction of sp³-hybridized carbons (Fsp3) is 0.250. The van der Waals surface area contributed by atoms with E-state index < -0.39 is 0 Å². The lowest BCUT2D eigenvalue weighted by Crippen LogP contribution is -1.76. The van der Waals surface area contributed by atoms with E-state index in [2.05, 4.69) is 4.99 Å². The summed E-state index contributed by atoms with van der Waals surface area (Å²) in [6, 6.07) is 5.58. The second-order valence-corrected chi connectivity index (χ2v) is 3.36. The SMILES string of the molecule is CCc1oc2c(N=C=O)cccc2c1C. The van der Waals surface area contributed by atoms with Gasteiger partial charge in [-0.2, -0.15) is 4.99 Å². The summed E-state index contributed by atoms with van der Waals surface area (Å²) in [5.74, 6) is 0.943. The van der Waals surface area contributed by atoms with Gasteiger partial charge in [-0.15, -0.1) is 0 Å². The molecule has 3 nitrogen and oxygen atoms in total. The molecule has 0 N–H and O–H groups in total. The van der Waals surface area contributed by atoms with Crippen molar-refractivity contribution in [1.29, 1.82) is 0 Å². The Morgan fingerprint density at radius 3 is 2.93 bits per heavy atom. The molecule has 0 spiro atoms. The topological polar surface area (TPSA) is 42.6 Å². The Bertz CT molecular complexity index is 548. The minimum Gasteiger partial charge on any atom is -0.458 e. The molecular formula is C12H11NO2. The van der Waals surface area contributed by atoms with Crippen LogP contribution in [-0.4, -0.2) is 6.08 Å². The third-order valence-corrected chi connectivity index (χ3v) is 2.53. The molecule has 1 aromatic heterocycles. The summed E-state index contributed by atoms with van der Waals surface area (Å²) < 4.78 is 5.66. The van der Waals surface area contributed by atoms with Crippen LogP contribution < -0.4 is 0 Å². The fourth-order valence-corrected chi connectivity index (χ4v) is 1.75. The number of benzene rings is 1. The highest BCUT2D eigenvalue weighted by molar-refractivity contribution is 5.91. The molecule has 0 aliphatic rings. The molecule has 15 heavy (non-hydrogen) atoms. The van der Waals surface area contributed by atoms with Crippen molar-refractivity contribution in [3.63, 3.8) is 0 Å². The maximum absolute atomic E-state index is 10.2. The van der Waals surface area contributed by atoms with Crippen LogP contribution in [0.3, 0.4) is 0 Å². The van der Waals surface area contributed by atoms with Gasteiger partial charge in [-0.25, -0.2) is 4.79 Å². The van der Waals surface area contributed by atoms with Crippen molar-refractivity contribution >= 4 is 22.7 Å². The Balaban J connectivity index is 2.81. The van der Waals surface area contributed by atoms with Crippen LogP contribution >= 0.6 is 0 Å². The molecule has 0 saturated carbocycles. The summed E-state index contributed by atoms with van der Waals surface area (Å²) in [6.07, 6.45) is 2.38.